The Kier molecular flexibility index (Phi) is 5.18. The largest absolute Gasteiger partial charge is 0.501 e. The van der Waals surface area contributed by atoms with Crippen molar-refractivity contribution in [3.05, 3.63) is 75.6 Å². The number of halogens is 1. The van der Waals surface area contributed by atoms with Crippen molar-refractivity contribution in [3.63, 3.8) is 0 Å². The van der Waals surface area contributed by atoms with E-state index in [4.69, 9.17) is 0 Å². The molecule has 0 aliphatic carbocycles. The van der Waals surface area contributed by atoms with Gasteiger partial charge in [-0.25, -0.2) is 9.37 Å². The Bertz CT molecular complexity index is 1050. The van der Waals surface area contributed by atoms with Gasteiger partial charge in [0.1, 0.15) is 11.5 Å². The number of pyridine rings is 1. The minimum Gasteiger partial charge on any atom is -0.501 e. The fourth-order valence-corrected chi connectivity index (χ4v) is 2.70. The summed E-state index contributed by atoms with van der Waals surface area (Å²) in [6.07, 6.45) is 1.49. The summed E-state index contributed by atoms with van der Waals surface area (Å²) in [4.78, 5) is 31.0. The van der Waals surface area contributed by atoms with E-state index in [9.17, 15) is 19.1 Å². The molecule has 0 atom stereocenters. The van der Waals surface area contributed by atoms with Gasteiger partial charge in [-0.2, -0.15) is 0 Å². The van der Waals surface area contributed by atoms with Gasteiger partial charge in [-0.3, -0.25) is 14.0 Å². The number of aromatic hydroxyl groups is 1. The predicted octanol–water partition coefficient (Wildman–Crippen LogP) is 1.53. The van der Waals surface area contributed by atoms with Crippen molar-refractivity contribution in [2.45, 2.75) is 13.1 Å². The predicted molar refractivity (Wildman–Crippen MR) is 98.1 cm³/mol. The van der Waals surface area contributed by atoms with Gasteiger partial charge in [0.05, 0.1) is 0 Å². The molecule has 0 aliphatic heterocycles. The number of carbonyl (C=O) groups is 1. The molecule has 0 saturated heterocycles. The highest BCUT2D eigenvalue weighted by molar-refractivity contribution is 5.95. The Labute approximate surface area is 154 Å². The minimum absolute atomic E-state index is 0.110. The Hall–Kier alpha value is -3.26. The maximum Gasteiger partial charge on any atom is 0.300 e. The molecule has 1 amide bonds. The molecule has 140 valence electrons. The molecule has 0 unspecified atom stereocenters. The summed E-state index contributed by atoms with van der Waals surface area (Å²) < 4.78 is 14.2. The van der Waals surface area contributed by atoms with Crippen LogP contribution in [-0.2, 0) is 13.1 Å². The molecule has 7 nitrogen and oxygen atoms in total. The smallest absolute Gasteiger partial charge is 0.300 e. The van der Waals surface area contributed by atoms with Crippen molar-refractivity contribution < 1.29 is 14.3 Å². The summed E-state index contributed by atoms with van der Waals surface area (Å²) in [5.74, 6) is -1.78. The summed E-state index contributed by atoms with van der Waals surface area (Å²) in [6.45, 7) is 0.622. The van der Waals surface area contributed by atoms with Crippen LogP contribution >= 0.6 is 0 Å². The Morgan fingerprint density at radius 1 is 1.26 bits per heavy atom. The zero-order valence-electron chi connectivity index (χ0n) is 14.9. The van der Waals surface area contributed by atoms with E-state index in [0.717, 1.165) is 5.56 Å². The highest BCUT2D eigenvalue weighted by Crippen LogP contribution is 2.15. The summed E-state index contributed by atoms with van der Waals surface area (Å²) in [5.41, 5.74) is 0.670. The third-order valence-electron chi connectivity index (χ3n) is 3.98. The lowest BCUT2D eigenvalue weighted by molar-refractivity contribution is 0.0942. The average Bonchev–Trinajstić information content (AvgIpc) is 2.64. The van der Waals surface area contributed by atoms with Gasteiger partial charge in [-0.1, -0.05) is 18.2 Å². The number of rotatable bonds is 5. The van der Waals surface area contributed by atoms with E-state index in [2.05, 4.69) is 10.3 Å². The van der Waals surface area contributed by atoms with Gasteiger partial charge in [0.2, 0.25) is 5.75 Å². The SMILES string of the molecule is CN(C)Cc1cccn2c(=O)c(O)c(C(=O)NCc3ccc(F)cc3)nc12. The third-order valence-corrected chi connectivity index (χ3v) is 3.98. The first-order valence-corrected chi connectivity index (χ1v) is 8.27. The molecule has 1 aromatic carbocycles. The normalized spacial score (nSPS) is 11.1. The number of nitrogens with one attached hydrogen (secondary N) is 1. The number of aromatic nitrogens is 2. The minimum atomic E-state index is -0.717. The molecule has 3 rings (SSSR count). The van der Waals surface area contributed by atoms with E-state index in [1.54, 1.807) is 12.1 Å². The summed E-state index contributed by atoms with van der Waals surface area (Å²) in [6, 6.07) is 9.13. The lowest BCUT2D eigenvalue weighted by atomic mass is 10.2. The molecule has 2 heterocycles. The van der Waals surface area contributed by atoms with Gasteiger partial charge < -0.3 is 15.3 Å². The fraction of sp³-hybridized carbons (Fsp3) is 0.211. The van der Waals surface area contributed by atoms with Gasteiger partial charge in [0.25, 0.3) is 5.91 Å². The number of hydrogen-bond donors (Lipinski definition) is 2. The van der Waals surface area contributed by atoms with Gasteiger partial charge in [0, 0.05) is 24.8 Å². The van der Waals surface area contributed by atoms with Crippen LogP contribution in [0.2, 0.25) is 0 Å². The second-order valence-corrected chi connectivity index (χ2v) is 6.39. The Balaban J connectivity index is 1.95. The Morgan fingerprint density at radius 2 is 1.96 bits per heavy atom. The standard InChI is InChI=1S/C19H19FN4O3/c1-23(2)11-13-4-3-9-24-17(13)22-15(16(25)19(24)27)18(26)21-10-12-5-7-14(20)8-6-12/h3-9,25H,10-11H2,1-2H3,(H,21,26). The Morgan fingerprint density at radius 3 is 2.63 bits per heavy atom. The molecule has 2 N–H and O–H groups in total. The molecule has 0 spiro atoms. The topological polar surface area (TPSA) is 86.9 Å². The van der Waals surface area contributed by atoms with E-state index in [-0.39, 0.29) is 18.1 Å². The second-order valence-electron chi connectivity index (χ2n) is 6.39. The van der Waals surface area contributed by atoms with Crippen LogP contribution in [0.4, 0.5) is 4.39 Å². The molecule has 8 heteroatoms. The average molecular weight is 370 g/mol. The summed E-state index contributed by atoms with van der Waals surface area (Å²) in [5, 5.41) is 12.7. The first-order valence-electron chi connectivity index (χ1n) is 8.27. The van der Waals surface area contributed by atoms with Crippen LogP contribution in [0.1, 0.15) is 21.6 Å². The van der Waals surface area contributed by atoms with Gasteiger partial charge in [-0.15, -0.1) is 0 Å². The quantitative estimate of drug-likeness (QED) is 0.711. The monoisotopic (exact) mass is 370 g/mol. The lowest BCUT2D eigenvalue weighted by Gasteiger charge is -2.13. The van der Waals surface area contributed by atoms with Gasteiger partial charge in [-0.05, 0) is 37.9 Å². The fourth-order valence-electron chi connectivity index (χ4n) is 2.70. The number of carbonyl (C=O) groups excluding carboxylic acids is 1. The molecule has 27 heavy (non-hydrogen) atoms. The molecular weight excluding hydrogens is 351 g/mol. The molecule has 0 bridgehead atoms. The first kappa shape index (κ1) is 18.5. The molecule has 0 aliphatic rings. The van der Waals surface area contributed by atoms with E-state index < -0.39 is 17.2 Å². The van der Waals surface area contributed by atoms with E-state index in [1.165, 1.54) is 34.9 Å². The lowest BCUT2D eigenvalue weighted by Crippen LogP contribution is -2.28. The number of nitrogens with zero attached hydrogens (tertiary/aromatic N) is 3. The van der Waals surface area contributed by atoms with Crippen LogP contribution in [0.3, 0.4) is 0 Å². The number of amides is 1. The highest BCUT2D eigenvalue weighted by Gasteiger charge is 2.19. The van der Waals surface area contributed by atoms with E-state index in [1.807, 2.05) is 19.0 Å². The number of fused-ring (bicyclic) bond motifs is 1. The van der Waals surface area contributed by atoms with Crippen molar-refractivity contribution in [3.8, 4) is 5.75 Å². The van der Waals surface area contributed by atoms with Crippen LogP contribution in [0.25, 0.3) is 5.65 Å². The van der Waals surface area contributed by atoms with Crippen LogP contribution in [-0.4, -0.2) is 39.4 Å². The van der Waals surface area contributed by atoms with E-state index >= 15 is 0 Å². The number of benzene rings is 1. The van der Waals surface area contributed by atoms with Gasteiger partial charge in [0.15, 0.2) is 5.69 Å². The van der Waals surface area contributed by atoms with Crippen molar-refractivity contribution in [1.29, 1.82) is 0 Å². The van der Waals surface area contributed by atoms with Crippen LogP contribution in [0.5, 0.6) is 5.75 Å². The first-order chi connectivity index (χ1) is 12.9. The second kappa shape index (κ2) is 7.55. The molecular formula is C19H19FN4O3. The third kappa shape index (κ3) is 3.95. The zero-order valence-corrected chi connectivity index (χ0v) is 14.9. The van der Waals surface area contributed by atoms with Crippen molar-refractivity contribution in [1.82, 2.24) is 19.6 Å². The molecule has 3 aromatic rings. The molecule has 0 fully saturated rings. The van der Waals surface area contributed by atoms with Crippen molar-refractivity contribution >= 4 is 11.6 Å². The maximum absolute atomic E-state index is 13.0. The van der Waals surface area contributed by atoms with Crippen LogP contribution in [0.15, 0.2) is 47.4 Å². The molecule has 0 radical (unpaired) electrons. The summed E-state index contributed by atoms with van der Waals surface area (Å²) >= 11 is 0. The molecule has 2 aromatic heterocycles. The van der Waals surface area contributed by atoms with Crippen molar-refractivity contribution in [2.75, 3.05) is 14.1 Å². The maximum atomic E-state index is 13.0. The van der Waals surface area contributed by atoms with Gasteiger partial charge >= 0.3 is 5.56 Å². The highest BCUT2D eigenvalue weighted by atomic mass is 19.1. The number of hydrogen-bond acceptors (Lipinski definition) is 5. The van der Waals surface area contributed by atoms with Crippen LogP contribution in [0, 0.1) is 5.82 Å². The van der Waals surface area contributed by atoms with E-state index in [0.29, 0.717) is 17.8 Å². The van der Waals surface area contributed by atoms with Crippen molar-refractivity contribution in [2.24, 2.45) is 0 Å². The molecule has 0 saturated carbocycles. The summed E-state index contributed by atoms with van der Waals surface area (Å²) in [7, 11) is 3.75. The zero-order chi connectivity index (χ0) is 19.6. The van der Waals surface area contributed by atoms with Crippen LogP contribution < -0.4 is 10.9 Å².